The first-order valence-corrected chi connectivity index (χ1v) is 7.44. The molecule has 132 valence electrons. The lowest BCUT2D eigenvalue weighted by molar-refractivity contribution is -0.148. The van der Waals surface area contributed by atoms with Crippen molar-refractivity contribution in [1.29, 1.82) is 0 Å². The number of likely N-dealkylation sites (tertiary alicyclic amines) is 1. The minimum absolute atomic E-state index is 0.00385. The summed E-state index contributed by atoms with van der Waals surface area (Å²) in [6.07, 6.45) is -4.90. The van der Waals surface area contributed by atoms with E-state index in [1.165, 1.54) is 17.0 Å². The van der Waals surface area contributed by atoms with E-state index in [2.05, 4.69) is 4.98 Å². The molecule has 1 fully saturated rings. The van der Waals surface area contributed by atoms with Crippen LogP contribution in [0.1, 0.15) is 25.5 Å². The highest BCUT2D eigenvalue weighted by Crippen LogP contribution is 2.29. The molecule has 1 aromatic heterocycles. The molecule has 1 saturated heterocycles. The Hall–Kier alpha value is -2.32. The maximum atomic E-state index is 12.6. The van der Waals surface area contributed by atoms with Crippen molar-refractivity contribution < 1.29 is 32.2 Å². The number of pyridine rings is 1. The predicted molar refractivity (Wildman–Crippen MR) is 76.1 cm³/mol. The zero-order chi connectivity index (χ0) is 17.7. The summed E-state index contributed by atoms with van der Waals surface area (Å²) in [6, 6.07) is 3.41. The number of ether oxygens (including phenoxy) is 2. The zero-order valence-corrected chi connectivity index (χ0v) is 13.0. The van der Waals surface area contributed by atoms with Gasteiger partial charge in [-0.15, -0.1) is 0 Å². The molecule has 0 saturated carbocycles. The number of alkyl halides is 3. The highest BCUT2D eigenvalue weighted by atomic mass is 19.4. The van der Waals surface area contributed by atoms with Gasteiger partial charge >= 0.3 is 12.1 Å². The van der Waals surface area contributed by atoms with Gasteiger partial charge in [0.25, 0.3) is 0 Å². The van der Waals surface area contributed by atoms with E-state index >= 15 is 0 Å². The van der Waals surface area contributed by atoms with Crippen LogP contribution in [0.2, 0.25) is 0 Å². The number of hydrogen-bond acceptors (Lipinski definition) is 5. The van der Waals surface area contributed by atoms with E-state index in [0.717, 1.165) is 6.07 Å². The topological polar surface area (TPSA) is 68.7 Å². The van der Waals surface area contributed by atoms with Crippen LogP contribution in [0, 0.1) is 0 Å². The van der Waals surface area contributed by atoms with Crippen LogP contribution < -0.4 is 4.74 Å². The smallest absolute Gasteiger partial charge is 0.433 e. The molecule has 2 rings (SSSR count). The van der Waals surface area contributed by atoms with Crippen LogP contribution in [0.25, 0.3) is 0 Å². The first-order valence-electron chi connectivity index (χ1n) is 7.44. The number of esters is 1. The molecule has 1 aromatic rings. The monoisotopic (exact) mass is 346 g/mol. The van der Waals surface area contributed by atoms with Crippen molar-refractivity contribution in [1.82, 2.24) is 9.88 Å². The van der Waals surface area contributed by atoms with Crippen LogP contribution in [0.4, 0.5) is 13.2 Å². The number of nitrogens with zero attached hydrogens (tertiary/aromatic N) is 2. The number of halogens is 3. The number of carbonyl (C=O) groups excluding carboxylic acids is 2. The van der Waals surface area contributed by atoms with Crippen molar-refractivity contribution in [3.05, 3.63) is 23.9 Å². The second-order valence-electron chi connectivity index (χ2n) is 5.20. The van der Waals surface area contributed by atoms with E-state index < -0.39 is 23.9 Å². The molecule has 0 spiro atoms. The molecule has 1 aliphatic rings. The van der Waals surface area contributed by atoms with Gasteiger partial charge in [0.1, 0.15) is 11.8 Å². The third-order valence-electron chi connectivity index (χ3n) is 3.35. The van der Waals surface area contributed by atoms with Crippen molar-refractivity contribution >= 4 is 11.9 Å². The van der Waals surface area contributed by atoms with Crippen molar-refractivity contribution in [2.24, 2.45) is 0 Å². The predicted octanol–water partition coefficient (Wildman–Crippen LogP) is 2.03. The van der Waals surface area contributed by atoms with E-state index in [9.17, 15) is 22.8 Å². The minimum atomic E-state index is -4.53. The summed E-state index contributed by atoms with van der Waals surface area (Å²) < 4.78 is 47.8. The fraction of sp³-hybridized carbons (Fsp3) is 0.533. The average molecular weight is 346 g/mol. The molecular formula is C15H17F3N2O4. The molecule has 0 bridgehead atoms. The Bertz CT molecular complexity index is 601. The zero-order valence-electron chi connectivity index (χ0n) is 13.0. The molecule has 6 nitrogen and oxygen atoms in total. The summed E-state index contributed by atoms with van der Waals surface area (Å²) in [5, 5.41) is 0. The highest BCUT2D eigenvalue weighted by molar-refractivity contribution is 5.82. The van der Waals surface area contributed by atoms with Crippen LogP contribution in [0.5, 0.6) is 5.88 Å². The molecule has 0 unspecified atom stereocenters. The summed E-state index contributed by atoms with van der Waals surface area (Å²) in [4.78, 5) is 27.9. The van der Waals surface area contributed by atoms with Crippen LogP contribution in [0.3, 0.4) is 0 Å². The van der Waals surface area contributed by atoms with Crippen LogP contribution in [-0.4, -0.2) is 47.6 Å². The second-order valence-corrected chi connectivity index (χ2v) is 5.20. The molecular weight excluding hydrogens is 329 g/mol. The van der Waals surface area contributed by atoms with Crippen LogP contribution in [-0.2, 0) is 20.5 Å². The van der Waals surface area contributed by atoms with Crippen LogP contribution in [0.15, 0.2) is 18.2 Å². The summed E-state index contributed by atoms with van der Waals surface area (Å²) >= 11 is 0. The van der Waals surface area contributed by atoms with E-state index in [1.807, 2.05) is 0 Å². The number of hydrogen-bond donors (Lipinski definition) is 0. The molecule has 0 N–H and O–H groups in total. The molecule has 0 radical (unpaired) electrons. The van der Waals surface area contributed by atoms with Gasteiger partial charge in [-0.3, -0.25) is 9.59 Å². The maximum Gasteiger partial charge on any atom is 0.433 e. The number of carbonyl (C=O) groups is 2. The van der Waals surface area contributed by atoms with Gasteiger partial charge in [-0.2, -0.15) is 13.2 Å². The maximum absolute atomic E-state index is 12.6. The Labute approximate surface area is 136 Å². The van der Waals surface area contributed by atoms with E-state index in [4.69, 9.17) is 9.47 Å². The number of amides is 1. The quantitative estimate of drug-likeness (QED) is 0.738. The molecule has 2 heterocycles. The third kappa shape index (κ3) is 4.84. The second kappa shape index (κ2) is 7.50. The minimum Gasteiger partial charge on any atom is -0.471 e. The molecule has 24 heavy (non-hydrogen) atoms. The lowest BCUT2D eigenvalue weighted by atomic mass is 10.1. The van der Waals surface area contributed by atoms with E-state index in [-0.39, 0.29) is 44.3 Å². The van der Waals surface area contributed by atoms with Gasteiger partial charge in [-0.1, -0.05) is 6.07 Å². The number of aromatic nitrogens is 1. The van der Waals surface area contributed by atoms with Gasteiger partial charge in [0.05, 0.1) is 26.1 Å². The Balaban J connectivity index is 1.77. The van der Waals surface area contributed by atoms with Gasteiger partial charge in [0.15, 0.2) is 0 Å². The van der Waals surface area contributed by atoms with Gasteiger partial charge in [-0.25, -0.2) is 4.98 Å². The lowest BCUT2D eigenvalue weighted by Gasteiger charge is -2.38. The van der Waals surface area contributed by atoms with Gasteiger partial charge < -0.3 is 14.4 Å². The van der Waals surface area contributed by atoms with Gasteiger partial charge in [0, 0.05) is 12.5 Å². The van der Waals surface area contributed by atoms with Crippen molar-refractivity contribution in [2.45, 2.75) is 32.0 Å². The summed E-state index contributed by atoms with van der Waals surface area (Å²) in [5.74, 6) is -0.791. The lowest BCUT2D eigenvalue weighted by Crippen LogP contribution is -2.56. The third-order valence-corrected chi connectivity index (χ3v) is 3.35. The van der Waals surface area contributed by atoms with Gasteiger partial charge in [0.2, 0.25) is 11.8 Å². The van der Waals surface area contributed by atoms with Crippen LogP contribution >= 0.6 is 0 Å². The molecule has 0 aromatic carbocycles. The fourth-order valence-corrected chi connectivity index (χ4v) is 2.13. The van der Waals surface area contributed by atoms with Crippen molar-refractivity contribution in [3.63, 3.8) is 0 Å². The SMILES string of the molecule is CCOC(=O)CCC(=O)N1CC(Oc2cccc(C(F)(F)F)n2)C1. The highest BCUT2D eigenvalue weighted by Gasteiger charge is 2.35. The van der Waals surface area contributed by atoms with Crippen molar-refractivity contribution in [3.8, 4) is 5.88 Å². The molecule has 1 aliphatic heterocycles. The first-order chi connectivity index (χ1) is 11.3. The van der Waals surface area contributed by atoms with Crippen molar-refractivity contribution in [2.75, 3.05) is 19.7 Å². The number of rotatable bonds is 6. The Morgan fingerprint density at radius 1 is 1.29 bits per heavy atom. The van der Waals surface area contributed by atoms with E-state index in [0.29, 0.717) is 0 Å². The molecule has 1 amide bonds. The largest absolute Gasteiger partial charge is 0.471 e. The normalized spacial score (nSPS) is 14.9. The fourth-order valence-electron chi connectivity index (χ4n) is 2.13. The standard InChI is InChI=1S/C15H17F3N2O4/c1-2-23-14(22)7-6-13(21)20-8-10(9-20)24-12-5-3-4-11(19-12)15(16,17)18/h3-5,10H,2,6-9H2,1H3. The summed E-state index contributed by atoms with van der Waals surface area (Å²) in [7, 11) is 0. The Morgan fingerprint density at radius 2 is 2.00 bits per heavy atom. The molecule has 0 atom stereocenters. The summed E-state index contributed by atoms with van der Waals surface area (Å²) in [6.45, 7) is 2.44. The molecule has 9 heteroatoms. The molecule has 0 aliphatic carbocycles. The Morgan fingerprint density at radius 3 is 2.62 bits per heavy atom. The Kier molecular flexibility index (Phi) is 5.63. The average Bonchev–Trinajstić information content (AvgIpc) is 2.48. The summed E-state index contributed by atoms with van der Waals surface area (Å²) in [5.41, 5.74) is -1.03. The van der Waals surface area contributed by atoms with E-state index in [1.54, 1.807) is 6.92 Å². The van der Waals surface area contributed by atoms with Gasteiger partial charge in [-0.05, 0) is 13.0 Å². The first kappa shape index (κ1) is 18.0.